The Balaban J connectivity index is 1.68. The first kappa shape index (κ1) is 12.8. The number of benzene rings is 1. The molecule has 2 N–H and O–H groups in total. The molecule has 2 aromatic rings. The van der Waals surface area contributed by atoms with Crippen LogP contribution in [-0.4, -0.2) is 29.0 Å². The first-order chi connectivity index (χ1) is 9.22. The molecule has 3 rings (SSSR count). The molecule has 0 spiro atoms. The highest BCUT2D eigenvalue weighted by Gasteiger charge is 2.31. The van der Waals surface area contributed by atoms with Gasteiger partial charge in [-0.3, -0.25) is 4.90 Å². The first-order valence-electron chi connectivity index (χ1n) is 6.66. The summed E-state index contributed by atoms with van der Waals surface area (Å²) in [7, 11) is 0. The molecule has 1 aromatic carbocycles. The first-order valence-corrected chi connectivity index (χ1v) is 7.48. The summed E-state index contributed by atoms with van der Waals surface area (Å²) < 4.78 is 0. The van der Waals surface area contributed by atoms with Crippen LogP contribution in [0.1, 0.15) is 21.4 Å². The summed E-state index contributed by atoms with van der Waals surface area (Å²) in [5.41, 5.74) is 7.67. The highest BCUT2D eigenvalue weighted by molar-refractivity contribution is 7.11. The molecule has 0 saturated carbocycles. The van der Waals surface area contributed by atoms with Crippen LogP contribution in [0, 0.1) is 6.92 Å². The van der Waals surface area contributed by atoms with Gasteiger partial charge in [-0.15, -0.1) is 11.3 Å². The van der Waals surface area contributed by atoms with E-state index in [2.05, 4.69) is 47.1 Å². The van der Waals surface area contributed by atoms with Crippen LogP contribution >= 0.6 is 11.3 Å². The predicted octanol–water partition coefficient (Wildman–Crippen LogP) is 2.38. The monoisotopic (exact) mass is 273 g/mol. The van der Waals surface area contributed by atoms with Crippen LogP contribution in [-0.2, 0) is 6.54 Å². The van der Waals surface area contributed by atoms with Gasteiger partial charge in [0.15, 0.2) is 0 Å². The highest BCUT2D eigenvalue weighted by Crippen LogP contribution is 2.28. The number of likely N-dealkylation sites (tertiary alicyclic amines) is 1. The van der Waals surface area contributed by atoms with Crippen molar-refractivity contribution in [3.8, 4) is 0 Å². The fourth-order valence-corrected chi connectivity index (χ4v) is 3.63. The second-order valence-electron chi connectivity index (χ2n) is 5.22. The Morgan fingerprint density at radius 2 is 2.11 bits per heavy atom. The largest absolute Gasteiger partial charge is 0.326 e. The number of nitrogens with two attached hydrogens (primary N) is 1. The van der Waals surface area contributed by atoms with Gasteiger partial charge in [-0.05, 0) is 12.5 Å². The quantitative estimate of drug-likeness (QED) is 0.933. The maximum atomic E-state index is 6.31. The van der Waals surface area contributed by atoms with Crippen LogP contribution in [0.15, 0.2) is 36.5 Å². The lowest BCUT2D eigenvalue weighted by atomic mass is 9.95. The summed E-state index contributed by atoms with van der Waals surface area (Å²) in [6.07, 6.45) is 1.99. The van der Waals surface area contributed by atoms with E-state index < -0.39 is 0 Å². The van der Waals surface area contributed by atoms with Gasteiger partial charge in [0.1, 0.15) is 0 Å². The standard InChI is InChI=1S/C15H19N3S/c1-11-17-7-13(19-11)8-18-9-14(15(16)10-18)12-5-3-2-4-6-12/h2-7,14-15H,8-10,16H2,1H3/t14-,15+/m0/s1. The molecule has 0 radical (unpaired) electrons. The molecule has 4 heteroatoms. The summed E-state index contributed by atoms with van der Waals surface area (Å²) >= 11 is 1.78. The highest BCUT2D eigenvalue weighted by atomic mass is 32.1. The van der Waals surface area contributed by atoms with E-state index in [0.29, 0.717) is 5.92 Å². The molecule has 0 bridgehead atoms. The summed E-state index contributed by atoms with van der Waals surface area (Å²) in [6, 6.07) is 10.8. The number of rotatable bonds is 3. The van der Waals surface area contributed by atoms with Gasteiger partial charge in [0.05, 0.1) is 5.01 Å². The second-order valence-corrected chi connectivity index (χ2v) is 6.54. The second kappa shape index (κ2) is 5.41. The van der Waals surface area contributed by atoms with Crippen molar-refractivity contribution >= 4 is 11.3 Å². The Morgan fingerprint density at radius 3 is 2.79 bits per heavy atom. The van der Waals surface area contributed by atoms with Crippen molar-refractivity contribution in [1.29, 1.82) is 0 Å². The van der Waals surface area contributed by atoms with Crippen molar-refractivity contribution in [3.63, 3.8) is 0 Å². The van der Waals surface area contributed by atoms with Crippen molar-refractivity contribution < 1.29 is 0 Å². The van der Waals surface area contributed by atoms with Crippen LogP contribution in [0.4, 0.5) is 0 Å². The number of aryl methyl sites for hydroxylation is 1. The average Bonchev–Trinajstić information content (AvgIpc) is 2.97. The molecule has 0 amide bonds. The lowest BCUT2D eigenvalue weighted by molar-refractivity contribution is 0.326. The fourth-order valence-electron chi connectivity index (χ4n) is 2.79. The van der Waals surface area contributed by atoms with Gasteiger partial charge in [-0.25, -0.2) is 4.98 Å². The summed E-state index contributed by atoms with van der Waals surface area (Å²) in [5, 5.41) is 1.14. The van der Waals surface area contributed by atoms with Crippen molar-refractivity contribution in [2.45, 2.75) is 25.4 Å². The molecule has 0 unspecified atom stereocenters. The van der Waals surface area contributed by atoms with E-state index in [1.165, 1.54) is 10.4 Å². The smallest absolute Gasteiger partial charge is 0.0897 e. The van der Waals surface area contributed by atoms with Gasteiger partial charge in [0.25, 0.3) is 0 Å². The molecule has 100 valence electrons. The Hall–Kier alpha value is -1.23. The third-order valence-electron chi connectivity index (χ3n) is 3.72. The predicted molar refractivity (Wildman–Crippen MR) is 79.3 cm³/mol. The van der Waals surface area contributed by atoms with Gasteiger partial charge >= 0.3 is 0 Å². The van der Waals surface area contributed by atoms with E-state index in [4.69, 9.17) is 5.73 Å². The number of nitrogens with zero attached hydrogens (tertiary/aromatic N) is 2. The van der Waals surface area contributed by atoms with Gasteiger partial charge in [0, 0.05) is 42.7 Å². The maximum absolute atomic E-state index is 6.31. The normalized spacial score (nSPS) is 23.9. The van der Waals surface area contributed by atoms with Gasteiger partial charge in [0.2, 0.25) is 0 Å². The summed E-state index contributed by atoms with van der Waals surface area (Å²) in [4.78, 5) is 8.09. The lowest BCUT2D eigenvalue weighted by Crippen LogP contribution is -2.28. The van der Waals surface area contributed by atoms with Crippen LogP contribution < -0.4 is 5.73 Å². The molecule has 1 aliphatic rings. The fraction of sp³-hybridized carbons (Fsp3) is 0.400. The number of hydrogen-bond donors (Lipinski definition) is 1. The topological polar surface area (TPSA) is 42.2 Å². The minimum Gasteiger partial charge on any atom is -0.326 e. The number of thiazole rings is 1. The van der Waals surface area contributed by atoms with Crippen LogP contribution in [0.3, 0.4) is 0 Å². The zero-order chi connectivity index (χ0) is 13.2. The molecule has 0 aliphatic carbocycles. The van der Waals surface area contributed by atoms with Crippen LogP contribution in [0.5, 0.6) is 0 Å². The van der Waals surface area contributed by atoms with E-state index in [1.807, 2.05) is 6.20 Å². The van der Waals surface area contributed by atoms with Crippen molar-refractivity contribution in [3.05, 3.63) is 52.0 Å². The molecule has 1 aliphatic heterocycles. The van der Waals surface area contributed by atoms with E-state index >= 15 is 0 Å². The molecule has 1 saturated heterocycles. The molecule has 1 fully saturated rings. The van der Waals surface area contributed by atoms with E-state index in [-0.39, 0.29) is 6.04 Å². The summed E-state index contributed by atoms with van der Waals surface area (Å²) in [5.74, 6) is 0.454. The van der Waals surface area contributed by atoms with Crippen LogP contribution in [0.25, 0.3) is 0 Å². The van der Waals surface area contributed by atoms with E-state index in [1.54, 1.807) is 11.3 Å². The Bertz CT molecular complexity index is 537. The summed E-state index contributed by atoms with van der Waals surface area (Å²) in [6.45, 7) is 5.04. The number of hydrogen-bond acceptors (Lipinski definition) is 4. The van der Waals surface area contributed by atoms with E-state index in [9.17, 15) is 0 Å². The van der Waals surface area contributed by atoms with Gasteiger partial charge in [-0.2, -0.15) is 0 Å². The third kappa shape index (κ3) is 2.86. The molecule has 2 atom stereocenters. The maximum Gasteiger partial charge on any atom is 0.0897 e. The van der Waals surface area contributed by atoms with Crippen molar-refractivity contribution in [2.24, 2.45) is 5.73 Å². The van der Waals surface area contributed by atoms with Gasteiger partial charge < -0.3 is 5.73 Å². The number of aromatic nitrogens is 1. The zero-order valence-corrected chi connectivity index (χ0v) is 11.9. The molecule has 2 heterocycles. The Morgan fingerprint density at radius 1 is 1.32 bits per heavy atom. The molecule has 3 nitrogen and oxygen atoms in total. The van der Waals surface area contributed by atoms with Crippen molar-refractivity contribution in [2.75, 3.05) is 13.1 Å². The Kier molecular flexibility index (Phi) is 3.64. The molecular formula is C15H19N3S. The SMILES string of the molecule is Cc1ncc(CN2C[C@@H](N)[C@H](c3ccccc3)C2)s1. The molecule has 19 heavy (non-hydrogen) atoms. The average molecular weight is 273 g/mol. The van der Waals surface area contributed by atoms with Crippen LogP contribution in [0.2, 0.25) is 0 Å². The zero-order valence-electron chi connectivity index (χ0n) is 11.1. The minimum atomic E-state index is 0.233. The van der Waals surface area contributed by atoms with Gasteiger partial charge in [-0.1, -0.05) is 30.3 Å². The third-order valence-corrected chi connectivity index (χ3v) is 4.61. The Labute approximate surface area is 118 Å². The molecular weight excluding hydrogens is 254 g/mol. The van der Waals surface area contributed by atoms with E-state index in [0.717, 1.165) is 24.6 Å². The minimum absolute atomic E-state index is 0.233. The van der Waals surface area contributed by atoms with Crippen molar-refractivity contribution in [1.82, 2.24) is 9.88 Å². The lowest BCUT2D eigenvalue weighted by Gasteiger charge is -2.15. The molecule has 1 aromatic heterocycles.